The monoisotopic (exact) mass is 761 g/mol. The maximum Gasteiger partial charge on any atom is 0.0822 e. The van der Waals surface area contributed by atoms with Crippen LogP contribution in [0.5, 0.6) is 0 Å². The molecular weight excluding hydrogens is 657 g/mol. The Morgan fingerprint density at radius 3 is 0.833 bits per heavy atom. The average molecular weight is 761 g/mol. The van der Waals surface area contributed by atoms with E-state index in [0.29, 0.717) is 11.8 Å². The van der Waals surface area contributed by atoms with E-state index in [1.165, 1.54) is 241 Å². The molecule has 0 rings (SSSR count). The number of rotatable bonds is 43. The quantitative estimate of drug-likeness (QED) is 0.0369. The van der Waals surface area contributed by atoms with Crippen LogP contribution in [0.15, 0.2) is 24.3 Å². The van der Waals surface area contributed by atoms with Crippen LogP contribution in [0.2, 0.25) is 0 Å². The molecule has 0 aliphatic rings. The third-order valence-electron chi connectivity index (χ3n) is 12.4. The van der Waals surface area contributed by atoms with E-state index in [-0.39, 0.29) is 0 Å². The Hall–Kier alpha value is -0.680. The zero-order valence-corrected chi connectivity index (χ0v) is 38.4. The Bertz CT molecular complexity index is 744. The molecule has 54 heavy (non-hydrogen) atoms. The lowest BCUT2D eigenvalue weighted by Crippen LogP contribution is -2.51. The second-order valence-electron chi connectivity index (χ2n) is 18.8. The fraction of sp³-hybridized carbons (Fsp3) is 0.920. The molecule has 0 heterocycles. The van der Waals surface area contributed by atoms with E-state index in [1.54, 1.807) is 0 Å². The summed E-state index contributed by atoms with van der Waals surface area (Å²) >= 11 is 0. The van der Waals surface area contributed by atoms with Crippen molar-refractivity contribution in [2.45, 2.75) is 220 Å². The van der Waals surface area contributed by atoms with Crippen LogP contribution in [0.25, 0.3) is 0 Å². The second-order valence-corrected chi connectivity index (χ2v) is 18.8. The maximum atomic E-state index is 6.14. The molecule has 4 N–H and O–H groups in total. The van der Waals surface area contributed by atoms with Crippen molar-refractivity contribution in [1.82, 2.24) is 0 Å². The van der Waals surface area contributed by atoms with Gasteiger partial charge < -0.3 is 20.4 Å². The van der Waals surface area contributed by atoms with Gasteiger partial charge in [-0.25, -0.2) is 0 Å². The molecule has 0 saturated carbocycles. The van der Waals surface area contributed by atoms with Crippen LogP contribution in [0, 0.1) is 11.8 Å². The molecule has 4 unspecified atom stereocenters. The number of unbranched alkanes of at least 4 members (excludes halogenated alkanes) is 25. The van der Waals surface area contributed by atoms with E-state index in [9.17, 15) is 0 Å². The maximum absolute atomic E-state index is 6.14. The molecule has 0 fully saturated rings. The summed E-state index contributed by atoms with van der Waals surface area (Å²) < 4.78 is 2.42. The van der Waals surface area contributed by atoms with E-state index in [4.69, 9.17) is 11.5 Å². The highest BCUT2D eigenvalue weighted by molar-refractivity contribution is 4.82. The molecule has 0 aromatic heterocycles. The molecule has 0 aliphatic heterocycles. The van der Waals surface area contributed by atoms with Crippen LogP contribution in [-0.2, 0) is 0 Å². The van der Waals surface area contributed by atoms with E-state index in [1.807, 2.05) is 0 Å². The van der Waals surface area contributed by atoms with Crippen LogP contribution in [-0.4, -0.2) is 75.4 Å². The minimum atomic E-state index is 0.599. The molecule has 322 valence electrons. The summed E-state index contributed by atoms with van der Waals surface area (Å²) in [6.45, 7) is 18.6. The standard InChI is InChI=1S/C50H104N4/c1-7-9-11-13-15-17-19-21-23-25-27-29-31-33-35-37-41-53(5,47-49(3)45-51)43-39-40-44-54(6,48-50(4)46-52)42-38-36-34-32-30-28-26-24-22-20-18-16-14-12-10-8-2/h21-24,49-50H,7-20,25-48,51-52H2,1-6H3/q+2/b23-21-,24-22+. The minimum Gasteiger partial charge on any atom is -0.330 e. The van der Waals surface area contributed by atoms with Gasteiger partial charge in [0.2, 0.25) is 0 Å². The lowest BCUT2D eigenvalue weighted by molar-refractivity contribution is -0.918. The first-order chi connectivity index (χ1) is 26.2. The van der Waals surface area contributed by atoms with Crippen molar-refractivity contribution in [2.24, 2.45) is 23.3 Å². The molecule has 0 aromatic rings. The van der Waals surface area contributed by atoms with Crippen LogP contribution < -0.4 is 11.5 Å². The van der Waals surface area contributed by atoms with Crippen molar-refractivity contribution in [2.75, 3.05) is 66.5 Å². The second kappa shape index (κ2) is 39.2. The van der Waals surface area contributed by atoms with Crippen molar-refractivity contribution in [3.05, 3.63) is 24.3 Å². The molecule has 0 aromatic carbocycles. The molecule has 4 nitrogen and oxygen atoms in total. The van der Waals surface area contributed by atoms with E-state index in [2.05, 4.69) is 66.1 Å². The zero-order chi connectivity index (χ0) is 39.9. The SMILES string of the molecule is CCCCCCCC/C=C\CCCCCCCC[N+](C)(CCCC[N+](C)(CCCCCCCC/C=C/CCCCCCCC)CC(C)CN)CC(C)CN. The molecule has 4 heteroatoms. The highest BCUT2D eigenvalue weighted by Gasteiger charge is 2.26. The third-order valence-corrected chi connectivity index (χ3v) is 12.4. The van der Waals surface area contributed by atoms with Crippen molar-refractivity contribution in [1.29, 1.82) is 0 Å². The first-order valence-electron chi connectivity index (χ1n) is 24.6. The average Bonchev–Trinajstić information content (AvgIpc) is 3.16. The first kappa shape index (κ1) is 53.3. The fourth-order valence-corrected chi connectivity index (χ4v) is 8.71. The number of hydrogen-bond acceptors (Lipinski definition) is 2. The van der Waals surface area contributed by atoms with Crippen molar-refractivity contribution < 1.29 is 8.97 Å². The number of hydrogen-bond donors (Lipinski definition) is 2. The number of nitrogens with zero attached hydrogens (tertiary/aromatic N) is 2. The van der Waals surface area contributed by atoms with Gasteiger partial charge in [0.15, 0.2) is 0 Å². The Morgan fingerprint density at radius 1 is 0.352 bits per heavy atom. The third kappa shape index (κ3) is 35.7. The summed E-state index contributed by atoms with van der Waals surface area (Å²) in [6.07, 6.45) is 51.1. The van der Waals surface area contributed by atoms with Gasteiger partial charge in [0.05, 0.1) is 53.4 Å². The topological polar surface area (TPSA) is 52.0 Å². The van der Waals surface area contributed by atoms with Crippen molar-refractivity contribution >= 4 is 0 Å². The Morgan fingerprint density at radius 2 is 0.574 bits per heavy atom. The molecule has 0 bridgehead atoms. The Balaban J connectivity index is 4.33. The van der Waals surface area contributed by atoms with Crippen molar-refractivity contribution in [3.8, 4) is 0 Å². The van der Waals surface area contributed by atoms with Gasteiger partial charge in [0, 0.05) is 37.8 Å². The smallest absolute Gasteiger partial charge is 0.0822 e. The number of quaternary nitrogens is 2. The fourth-order valence-electron chi connectivity index (χ4n) is 8.71. The zero-order valence-electron chi connectivity index (χ0n) is 38.4. The van der Waals surface area contributed by atoms with Crippen LogP contribution in [0.4, 0.5) is 0 Å². The predicted octanol–water partition coefficient (Wildman–Crippen LogP) is 13.9. The number of nitrogens with two attached hydrogens (primary N) is 2. The highest BCUT2D eigenvalue weighted by atomic mass is 15.3. The van der Waals surface area contributed by atoms with E-state index >= 15 is 0 Å². The molecule has 4 atom stereocenters. The Kier molecular flexibility index (Phi) is 38.7. The number of allylic oxidation sites excluding steroid dienone is 4. The summed E-state index contributed by atoms with van der Waals surface area (Å²) in [5.74, 6) is 1.20. The summed E-state index contributed by atoms with van der Waals surface area (Å²) in [4.78, 5) is 0. The van der Waals surface area contributed by atoms with Gasteiger partial charge in [-0.3, -0.25) is 0 Å². The molecule has 0 aliphatic carbocycles. The van der Waals surface area contributed by atoms with Crippen LogP contribution in [0.1, 0.15) is 220 Å². The molecule has 0 saturated heterocycles. The van der Waals surface area contributed by atoms with Gasteiger partial charge in [0.25, 0.3) is 0 Å². The molecule has 0 radical (unpaired) electrons. The van der Waals surface area contributed by atoms with Gasteiger partial charge in [-0.15, -0.1) is 0 Å². The summed E-state index contributed by atoms with van der Waals surface area (Å²) in [5.41, 5.74) is 12.3. The largest absolute Gasteiger partial charge is 0.330 e. The van der Waals surface area contributed by atoms with Gasteiger partial charge in [0.1, 0.15) is 0 Å². The summed E-state index contributed by atoms with van der Waals surface area (Å²) in [5, 5.41) is 0. The highest BCUT2D eigenvalue weighted by Crippen LogP contribution is 2.19. The van der Waals surface area contributed by atoms with Gasteiger partial charge in [-0.05, 0) is 77.0 Å². The molecular formula is C50H104N4+2. The normalized spacial score (nSPS) is 15.6. The summed E-state index contributed by atoms with van der Waals surface area (Å²) in [7, 11) is 5.06. The molecule has 0 amide bonds. The predicted molar refractivity (Wildman–Crippen MR) is 246 cm³/mol. The van der Waals surface area contributed by atoms with Crippen molar-refractivity contribution in [3.63, 3.8) is 0 Å². The minimum absolute atomic E-state index is 0.599. The summed E-state index contributed by atoms with van der Waals surface area (Å²) in [6, 6.07) is 0. The lowest BCUT2D eigenvalue weighted by Gasteiger charge is -2.39. The van der Waals surface area contributed by atoms with Crippen LogP contribution in [0.3, 0.4) is 0 Å². The van der Waals surface area contributed by atoms with Gasteiger partial charge in [-0.1, -0.05) is 155 Å². The lowest BCUT2D eigenvalue weighted by atomic mass is 10.1. The van der Waals surface area contributed by atoms with Gasteiger partial charge in [-0.2, -0.15) is 0 Å². The van der Waals surface area contributed by atoms with Crippen LogP contribution >= 0.6 is 0 Å². The van der Waals surface area contributed by atoms with Gasteiger partial charge >= 0.3 is 0 Å². The molecule has 0 spiro atoms. The Labute approximate surface area is 342 Å². The first-order valence-corrected chi connectivity index (χ1v) is 24.6. The van der Waals surface area contributed by atoms with E-state index < -0.39 is 0 Å². The van der Waals surface area contributed by atoms with E-state index in [0.717, 1.165) is 13.1 Å².